The Balaban J connectivity index is 1.46. The SMILES string of the molecule is O=C(COc1ccc(Cl)cc1)Oc1ccc2c(=O)c(Oc3ccccc3Br)coc2c1. The van der Waals surface area contributed by atoms with E-state index in [2.05, 4.69) is 15.9 Å². The summed E-state index contributed by atoms with van der Waals surface area (Å²) in [5.41, 5.74) is -0.0886. The summed E-state index contributed by atoms with van der Waals surface area (Å²) in [5.74, 6) is 0.634. The summed E-state index contributed by atoms with van der Waals surface area (Å²) in [6.45, 7) is -0.289. The van der Waals surface area contributed by atoms with Crippen LogP contribution in [0, 0.1) is 0 Å². The molecule has 0 fully saturated rings. The first-order valence-corrected chi connectivity index (χ1v) is 10.2. The van der Waals surface area contributed by atoms with Gasteiger partial charge in [-0.1, -0.05) is 23.7 Å². The molecule has 4 rings (SSSR count). The molecule has 0 saturated heterocycles. The quantitative estimate of drug-likeness (QED) is 0.239. The van der Waals surface area contributed by atoms with Crippen LogP contribution in [0.5, 0.6) is 23.0 Å². The second-order valence-electron chi connectivity index (χ2n) is 6.34. The number of para-hydroxylation sites is 1. The summed E-state index contributed by atoms with van der Waals surface area (Å²) < 4.78 is 22.5. The summed E-state index contributed by atoms with van der Waals surface area (Å²) in [6.07, 6.45) is 1.22. The lowest BCUT2D eigenvalue weighted by molar-refractivity contribution is -0.136. The third-order valence-electron chi connectivity index (χ3n) is 4.17. The summed E-state index contributed by atoms with van der Waals surface area (Å²) in [5, 5.41) is 0.860. The first-order chi connectivity index (χ1) is 15.0. The van der Waals surface area contributed by atoms with Gasteiger partial charge in [0.1, 0.15) is 29.1 Å². The van der Waals surface area contributed by atoms with Gasteiger partial charge in [0.2, 0.25) is 11.2 Å². The second-order valence-corrected chi connectivity index (χ2v) is 7.63. The Bertz CT molecular complexity index is 1300. The maximum Gasteiger partial charge on any atom is 0.349 e. The van der Waals surface area contributed by atoms with Crippen molar-refractivity contribution in [2.75, 3.05) is 6.61 Å². The highest BCUT2D eigenvalue weighted by molar-refractivity contribution is 9.10. The Morgan fingerprint density at radius 3 is 2.48 bits per heavy atom. The molecule has 0 saturated carbocycles. The zero-order valence-electron chi connectivity index (χ0n) is 15.8. The normalized spacial score (nSPS) is 10.6. The largest absolute Gasteiger partial charge is 0.482 e. The monoisotopic (exact) mass is 500 g/mol. The summed E-state index contributed by atoms with van der Waals surface area (Å²) in [4.78, 5) is 24.8. The molecule has 1 aromatic heterocycles. The molecule has 6 nitrogen and oxygen atoms in total. The summed E-state index contributed by atoms with van der Waals surface area (Å²) >= 11 is 9.18. The molecular weight excluding hydrogens is 488 g/mol. The number of benzene rings is 3. The number of hydrogen-bond acceptors (Lipinski definition) is 6. The summed E-state index contributed by atoms with van der Waals surface area (Å²) in [6, 6.07) is 18.2. The molecule has 0 aliphatic heterocycles. The average Bonchev–Trinajstić information content (AvgIpc) is 2.77. The van der Waals surface area contributed by atoms with Crippen molar-refractivity contribution in [2.24, 2.45) is 0 Å². The number of carbonyl (C=O) groups is 1. The van der Waals surface area contributed by atoms with Crippen molar-refractivity contribution >= 4 is 44.5 Å². The number of rotatable bonds is 6. The Hall–Kier alpha value is -3.29. The number of hydrogen-bond donors (Lipinski definition) is 0. The van der Waals surface area contributed by atoms with E-state index in [4.69, 9.17) is 30.2 Å². The van der Waals surface area contributed by atoms with E-state index in [1.54, 1.807) is 42.5 Å². The highest BCUT2D eigenvalue weighted by atomic mass is 79.9. The molecule has 8 heteroatoms. The maximum atomic E-state index is 12.7. The smallest absolute Gasteiger partial charge is 0.349 e. The van der Waals surface area contributed by atoms with Crippen molar-refractivity contribution in [1.82, 2.24) is 0 Å². The lowest BCUT2D eigenvalue weighted by atomic mass is 10.2. The van der Waals surface area contributed by atoms with Crippen LogP contribution in [0.4, 0.5) is 0 Å². The highest BCUT2D eigenvalue weighted by Gasteiger charge is 2.13. The van der Waals surface area contributed by atoms with Gasteiger partial charge < -0.3 is 18.6 Å². The van der Waals surface area contributed by atoms with E-state index in [9.17, 15) is 9.59 Å². The third-order valence-corrected chi connectivity index (χ3v) is 5.08. The number of esters is 1. The zero-order valence-corrected chi connectivity index (χ0v) is 18.2. The molecule has 0 aliphatic rings. The fraction of sp³-hybridized carbons (Fsp3) is 0.0435. The van der Waals surface area contributed by atoms with Gasteiger partial charge in [-0.2, -0.15) is 0 Å². The van der Waals surface area contributed by atoms with Crippen molar-refractivity contribution in [3.63, 3.8) is 0 Å². The standard InChI is InChI=1S/C23H14BrClO6/c24-18-3-1-2-4-19(18)31-21-12-29-20-11-16(9-10-17(20)23(21)27)30-22(26)13-28-15-7-5-14(25)6-8-15/h1-12H,13H2. The molecule has 4 aromatic rings. The van der Waals surface area contributed by atoms with E-state index in [1.165, 1.54) is 24.5 Å². The fourth-order valence-electron chi connectivity index (χ4n) is 2.70. The van der Waals surface area contributed by atoms with Crippen molar-refractivity contribution in [3.8, 4) is 23.0 Å². The van der Waals surface area contributed by atoms with Gasteiger partial charge in [-0.05, 0) is 64.5 Å². The van der Waals surface area contributed by atoms with Crippen LogP contribution >= 0.6 is 27.5 Å². The van der Waals surface area contributed by atoms with Crippen LogP contribution in [-0.2, 0) is 4.79 Å². The van der Waals surface area contributed by atoms with E-state index in [1.807, 2.05) is 6.07 Å². The molecule has 156 valence electrons. The Morgan fingerprint density at radius 2 is 1.71 bits per heavy atom. The molecule has 0 bridgehead atoms. The second kappa shape index (κ2) is 9.24. The van der Waals surface area contributed by atoms with Gasteiger partial charge in [-0.3, -0.25) is 4.79 Å². The lowest BCUT2D eigenvalue weighted by Crippen LogP contribution is -2.17. The predicted octanol–water partition coefficient (Wildman–Crippen LogP) is 5.99. The Labute approximate surface area is 190 Å². The van der Waals surface area contributed by atoms with E-state index >= 15 is 0 Å². The molecule has 3 aromatic carbocycles. The molecule has 0 spiro atoms. The van der Waals surface area contributed by atoms with Crippen molar-refractivity contribution in [3.05, 3.63) is 92.7 Å². The van der Waals surface area contributed by atoms with Crippen LogP contribution in [-0.4, -0.2) is 12.6 Å². The van der Waals surface area contributed by atoms with Crippen LogP contribution in [0.25, 0.3) is 11.0 Å². The molecule has 0 aliphatic carbocycles. The van der Waals surface area contributed by atoms with E-state index in [-0.39, 0.29) is 29.1 Å². The average molecular weight is 502 g/mol. The minimum Gasteiger partial charge on any atom is -0.482 e. The van der Waals surface area contributed by atoms with Crippen LogP contribution in [0.2, 0.25) is 5.02 Å². The van der Waals surface area contributed by atoms with Crippen LogP contribution in [0.15, 0.2) is 86.7 Å². The highest BCUT2D eigenvalue weighted by Crippen LogP contribution is 2.29. The lowest BCUT2D eigenvalue weighted by Gasteiger charge is -2.09. The zero-order chi connectivity index (χ0) is 21.8. The predicted molar refractivity (Wildman–Crippen MR) is 119 cm³/mol. The minimum atomic E-state index is -0.606. The minimum absolute atomic E-state index is 0.0421. The van der Waals surface area contributed by atoms with Gasteiger partial charge in [0.15, 0.2) is 6.61 Å². The molecule has 0 amide bonds. The molecule has 1 heterocycles. The number of ether oxygens (including phenoxy) is 3. The van der Waals surface area contributed by atoms with Crippen LogP contribution < -0.4 is 19.6 Å². The van der Waals surface area contributed by atoms with Crippen molar-refractivity contribution in [2.45, 2.75) is 0 Å². The van der Waals surface area contributed by atoms with Crippen LogP contribution in [0.1, 0.15) is 0 Å². The third kappa shape index (κ3) is 5.07. The first-order valence-electron chi connectivity index (χ1n) is 9.06. The Kier molecular flexibility index (Phi) is 6.25. The number of carbonyl (C=O) groups excluding carboxylic acids is 1. The fourth-order valence-corrected chi connectivity index (χ4v) is 3.20. The molecule has 0 atom stereocenters. The number of fused-ring (bicyclic) bond motifs is 1. The van der Waals surface area contributed by atoms with Gasteiger partial charge in [-0.25, -0.2) is 4.79 Å². The molecule has 0 N–H and O–H groups in total. The topological polar surface area (TPSA) is 75.0 Å². The number of halogens is 2. The van der Waals surface area contributed by atoms with Crippen molar-refractivity contribution < 1.29 is 23.4 Å². The molecule has 31 heavy (non-hydrogen) atoms. The van der Waals surface area contributed by atoms with Gasteiger partial charge in [0.25, 0.3) is 0 Å². The van der Waals surface area contributed by atoms with Crippen LogP contribution in [0.3, 0.4) is 0 Å². The van der Waals surface area contributed by atoms with Gasteiger partial charge in [-0.15, -0.1) is 0 Å². The van der Waals surface area contributed by atoms with Gasteiger partial charge in [0, 0.05) is 11.1 Å². The van der Waals surface area contributed by atoms with Gasteiger partial charge >= 0.3 is 5.97 Å². The summed E-state index contributed by atoms with van der Waals surface area (Å²) in [7, 11) is 0. The molecule has 0 unspecified atom stereocenters. The first kappa shape index (κ1) is 21.0. The van der Waals surface area contributed by atoms with Gasteiger partial charge in [0.05, 0.1) is 9.86 Å². The van der Waals surface area contributed by atoms with E-state index < -0.39 is 5.97 Å². The molecular formula is C23H14BrClO6. The van der Waals surface area contributed by atoms with E-state index in [0.29, 0.717) is 26.4 Å². The van der Waals surface area contributed by atoms with E-state index in [0.717, 1.165) is 0 Å². The Morgan fingerprint density at radius 1 is 0.968 bits per heavy atom. The molecule has 0 radical (unpaired) electrons. The maximum absolute atomic E-state index is 12.7. The van der Waals surface area contributed by atoms with Crippen molar-refractivity contribution in [1.29, 1.82) is 0 Å².